The molecule has 1 fully saturated rings. The third kappa shape index (κ3) is 2.65. The van der Waals surface area contributed by atoms with E-state index in [4.69, 9.17) is 0 Å². The number of ketones is 1. The van der Waals surface area contributed by atoms with E-state index in [2.05, 4.69) is 0 Å². The van der Waals surface area contributed by atoms with Crippen molar-refractivity contribution >= 4 is 5.78 Å². The highest BCUT2D eigenvalue weighted by Crippen LogP contribution is 2.43. The van der Waals surface area contributed by atoms with E-state index in [9.17, 15) is 20.0 Å². The lowest BCUT2D eigenvalue weighted by atomic mass is 9.65. The van der Waals surface area contributed by atoms with E-state index >= 15 is 0 Å². The number of aliphatic hydroxyl groups is 1. The number of hydrogen-bond acceptors (Lipinski definition) is 4. The van der Waals surface area contributed by atoms with Crippen LogP contribution >= 0.6 is 0 Å². The number of hydrogen-bond donors (Lipinski definition) is 1. The van der Waals surface area contributed by atoms with Gasteiger partial charge in [-0.1, -0.05) is 6.92 Å². The normalized spacial score (nSPS) is 37.8. The Kier molecular flexibility index (Phi) is 3.91. The molecule has 0 bridgehead atoms. The van der Waals surface area contributed by atoms with Gasteiger partial charge in [-0.3, -0.25) is 14.9 Å². The third-order valence-corrected chi connectivity index (χ3v) is 4.02. The van der Waals surface area contributed by atoms with Crippen molar-refractivity contribution in [2.45, 2.75) is 64.0 Å². The SMILES string of the molecule is CCC[C@]1([N+](=O)[O-])CC[C@](C)(O)[C@@H](C(C)=O)C1. The molecule has 1 aliphatic carbocycles. The molecule has 1 aliphatic rings. The topological polar surface area (TPSA) is 80.4 Å². The molecule has 5 nitrogen and oxygen atoms in total. The molecule has 0 spiro atoms. The fourth-order valence-corrected chi connectivity index (χ4v) is 2.89. The van der Waals surface area contributed by atoms with Gasteiger partial charge in [0.25, 0.3) is 0 Å². The predicted molar refractivity (Wildman–Crippen MR) is 63.3 cm³/mol. The van der Waals surface area contributed by atoms with Gasteiger partial charge in [0.15, 0.2) is 0 Å². The minimum atomic E-state index is -1.10. The van der Waals surface area contributed by atoms with Crippen molar-refractivity contribution in [2.24, 2.45) is 5.92 Å². The summed E-state index contributed by atoms with van der Waals surface area (Å²) in [6.45, 7) is 4.91. The van der Waals surface area contributed by atoms with Crippen LogP contribution in [0.1, 0.15) is 52.9 Å². The fourth-order valence-electron chi connectivity index (χ4n) is 2.89. The highest BCUT2D eigenvalue weighted by atomic mass is 16.6. The average Bonchev–Trinajstić information content (AvgIpc) is 2.20. The number of Topliss-reactive ketones (excluding diaryl/α,β-unsaturated/α-hetero) is 1. The molecule has 1 saturated carbocycles. The second-order valence-electron chi connectivity index (χ2n) is 5.46. The zero-order chi connectivity index (χ0) is 13.3. The molecule has 17 heavy (non-hydrogen) atoms. The third-order valence-electron chi connectivity index (χ3n) is 4.02. The lowest BCUT2D eigenvalue weighted by Crippen LogP contribution is -2.53. The Bertz CT molecular complexity index is 326. The van der Waals surface area contributed by atoms with Crippen molar-refractivity contribution in [3.63, 3.8) is 0 Å². The summed E-state index contributed by atoms with van der Waals surface area (Å²) in [6, 6.07) is 0. The van der Waals surface area contributed by atoms with Crippen LogP contribution in [0.25, 0.3) is 0 Å². The molecule has 1 N–H and O–H groups in total. The molecule has 0 aromatic heterocycles. The summed E-state index contributed by atoms with van der Waals surface area (Å²) in [4.78, 5) is 22.6. The van der Waals surface area contributed by atoms with E-state index in [1.807, 2.05) is 6.92 Å². The van der Waals surface area contributed by atoms with Crippen LogP contribution in [-0.2, 0) is 4.79 Å². The van der Waals surface area contributed by atoms with Gasteiger partial charge in [-0.15, -0.1) is 0 Å². The number of carbonyl (C=O) groups is 1. The second kappa shape index (κ2) is 4.72. The molecule has 0 amide bonds. The Morgan fingerprint density at radius 1 is 1.53 bits per heavy atom. The fraction of sp³-hybridized carbons (Fsp3) is 0.917. The monoisotopic (exact) mass is 243 g/mol. The van der Waals surface area contributed by atoms with Crippen molar-refractivity contribution in [1.29, 1.82) is 0 Å². The molecule has 0 aromatic rings. The van der Waals surface area contributed by atoms with Crippen LogP contribution in [0.4, 0.5) is 0 Å². The highest BCUT2D eigenvalue weighted by Gasteiger charge is 2.54. The molecule has 0 heterocycles. The lowest BCUT2D eigenvalue weighted by molar-refractivity contribution is -0.579. The number of nitro groups is 1. The van der Waals surface area contributed by atoms with Crippen LogP contribution in [-0.4, -0.2) is 27.0 Å². The van der Waals surface area contributed by atoms with Gasteiger partial charge < -0.3 is 5.11 Å². The van der Waals surface area contributed by atoms with Crippen molar-refractivity contribution in [3.8, 4) is 0 Å². The van der Waals surface area contributed by atoms with Gasteiger partial charge in [0.05, 0.1) is 11.5 Å². The van der Waals surface area contributed by atoms with Gasteiger partial charge in [0.1, 0.15) is 5.78 Å². The zero-order valence-corrected chi connectivity index (χ0v) is 10.7. The van der Waals surface area contributed by atoms with Crippen LogP contribution in [0, 0.1) is 16.0 Å². The minimum absolute atomic E-state index is 0.156. The first-order valence-electron chi connectivity index (χ1n) is 6.12. The van der Waals surface area contributed by atoms with Crippen LogP contribution < -0.4 is 0 Å². The summed E-state index contributed by atoms with van der Waals surface area (Å²) in [7, 11) is 0. The molecule has 1 rings (SSSR count). The van der Waals surface area contributed by atoms with Gasteiger partial charge in [0, 0.05) is 24.2 Å². The van der Waals surface area contributed by atoms with Crippen molar-refractivity contribution in [3.05, 3.63) is 10.1 Å². The average molecular weight is 243 g/mol. The summed E-state index contributed by atoms with van der Waals surface area (Å²) in [5, 5.41) is 21.4. The molecule has 0 aliphatic heterocycles. The van der Waals surface area contributed by atoms with Crippen molar-refractivity contribution < 1.29 is 14.8 Å². The Morgan fingerprint density at radius 2 is 2.12 bits per heavy atom. The van der Waals surface area contributed by atoms with Crippen LogP contribution in [0.15, 0.2) is 0 Å². The molecule has 5 heteroatoms. The van der Waals surface area contributed by atoms with Gasteiger partial charge in [-0.25, -0.2) is 0 Å². The molecule has 3 atom stereocenters. The Labute approximate surface area is 101 Å². The first kappa shape index (κ1) is 14.1. The van der Waals surface area contributed by atoms with Gasteiger partial charge in [0.2, 0.25) is 5.54 Å². The molecule has 0 saturated heterocycles. The molecule has 98 valence electrons. The Balaban J connectivity index is 3.00. The van der Waals surface area contributed by atoms with Crippen molar-refractivity contribution in [2.75, 3.05) is 0 Å². The molecule has 0 aromatic carbocycles. The van der Waals surface area contributed by atoms with Gasteiger partial charge >= 0.3 is 0 Å². The summed E-state index contributed by atoms with van der Waals surface area (Å²) in [5.41, 5.74) is -2.12. The number of rotatable bonds is 4. The summed E-state index contributed by atoms with van der Waals surface area (Å²) in [5.74, 6) is -0.773. The van der Waals surface area contributed by atoms with E-state index in [0.29, 0.717) is 25.7 Å². The summed E-state index contributed by atoms with van der Waals surface area (Å²) >= 11 is 0. The van der Waals surface area contributed by atoms with E-state index in [1.54, 1.807) is 6.92 Å². The lowest BCUT2D eigenvalue weighted by Gasteiger charge is -2.41. The smallest absolute Gasteiger partial charge is 0.223 e. The van der Waals surface area contributed by atoms with Crippen LogP contribution in [0.5, 0.6) is 0 Å². The Hall–Kier alpha value is -0.970. The maximum absolute atomic E-state index is 11.5. The predicted octanol–water partition coefficient (Wildman–Crippen LogP) is 1.94. The Morgan fingerprint density at radius 3 is 2.53 bits per heavy atom. The number of nitrogens with zero attached hydrogens (tertiary/aromatic N) is 1. The summed E-state index contributed by atoms with van der Waals surface area (Å²) < 4.78 is 0. The molecule has 0 radical (unpaired) electrons. The minimum Gasteiger partial charge on any atom is -0.389 e. The molecular weight excluding hydrogens is 222 g/mol. The van der Waals surface area contributed by atoms with E-state index < -0.39 is 17.1 Å². The van der Waals surface area contributed by atoms with Crippen LogP contribution in [0.3, 0.4) is 0 Å². The quantitative estimate of drug-likeness (QED) is 0.604. The van der Waals surface area contributed by atoms with Crippen molar-refractivity contribution in [1.82, 2.24) is 0 Å². The maximum atomic E-state index is 11.5. The second-order valence-corrected chi connectivity index (χ2v) is 5.46. The zero-order valence-electron chi connectivity index (χ0n) is 10.7. The number of carbonyl (C=O) groups excluding carboxylic acids is 1. The van der Waals surface area contributed by atoms with Gasteiger partial charge in [-0.05, 0) is 26.7 Å². The van der Waals surface area contributed by atoms with E-state index in [0.717, 1.165) is 0 Å². The standard InChI is InChI=1S/C12H21NO4/c1-4-5-12(13(16)17)7-6-11(3,15)10(8-12)9(2)14/h10,15H,4-8H2,1-3H3/t10-,11+,12+/m1/s1. The first-order valence-corrected chi connectivity index (χ1v) is 6.12. The van der Waals surface area contributed by atoms with E-state index in [-0.39, 0.29) is 17.1 Å². The molecule has 0 unspecified atom stereocenters. The van der Waals surface area contributed by atoms with Gasteiger partial charge in [-0.2, -0.15) is 0 Å². The molecular formula is C12H21NO4. The maximum Gasteiger partial charge on any atom is 0.223 e. The van der Waals surface area contributed by atoms with E-state index in [1.165, 1.54) is 6.92 Å². The highest BCUT2D eigenvalue weighted by molar-refractivity contribution is 5.79. The van der Waals surface area contributed by atoms with Crippen LogP contribution in [0.2, 0.25) is 0 Å². The first-order chi connectivity index (χ1) is 7.75. The summed E-state index contributed by atoms with van der Waals surface area (Å²) in [6.07, 6.45) is 2.02. The largest absolute Gasteiger partial charge is 0.389 e.